The van der Waals surface area contributed by atoms with E-state index in [1.807, 2.05) is 35.4 Å². The predicted octanol–water partition coefficient (Wildman–Crippen LogP) is 3.83. The number of nitrogens with one attached hydrogen (secondary N) is 1. The van der Waals surface area contributed by atoms with Crippen molar-refractivity contribution in [3.63, 3.8) is 0 Å². The first-order valence-corrected chi connectivity index (χ1v) is 9.11. The molecule has 1 aliphatic heterocycles. The van der Waals surface area contributed by atoms with Gasteiger partial charge >= 0.3 is 0 Å². The number of aromatic nitrogens is 2. The molecule has 1 N–H and O–H groups in total. The Morgan fingerprint density at radius 2 is 1.92 bits per heavy atom. The molecule has 4 heteroatoms. The Kier molecular flexibility index (Phi) is 4.57. The van der Waals surface area contributed by atoms with E-state index in [9.17, 15) is 4.79 Å². The second kappa shape index (κ2) is 7.16. The minimum atomic E-state index is 0.0793. The number of hydrogen-bond acceptors (Lipinski definition) is 2. The van der Waals surface area contributed by atoms with Gasteiger partial charge in [0.25, 0.3) is 0 Å². The van der Waals surface area contributed by atoms with E-state index in [4.69, 9.17) is 0 Å². The van der Waals surface area contributed by atoms with Crippen LogP contribution < -0.4 is 0 Å². The highest BCUT2D eigenvalue weighted by Crippen LogP contribution is 2.31. The maximum Gasteiger partial charge on any atom is 0.223 e. The van der Waals surface area contributed by atoms with E-state index in [-0.39, 0.29) is 11.8 Å². The molecule has 2 aromatic carbocycles. The van der Waals surface area contributed by atoms with Crippen molar-refractivity contribution in [1.29, 1.82) is 0 Å². The van der Waals surface area contributed by atoms with Crippen LogP contribution in [0, 0.1) is 6.92 Å². The molecule has 0 saturated heterocycles. The van der Waals surface area contributed by atoms with Crippen LogP contribution in [0.4, 0.5) is 0 Å². The molecule has 0 unspecified atom stereocenters. The first-order chi connectivity index (χ1) is 12.7. The number of aromatic amines is 1. The lowest BCUT2D eigenvalue weighted by Crippen LogP contribution is -2.36. The van der Waals surface area contributed by atoms with Gasteiger partial charge in [0.2, 0.25) is 5.91 Å². The van der Waals surface area contributed by atoms with Gasteiger partial charge in [-0.3, -0.25) is 9.89 Å². The highest BCUT2D eigenvalue weighted by atomic mass is 16.2. The van der Waals surface area contributed by atoms with Crippen molar-refractivity contribution in [2.45, 2.75) is 32.2 Å². The van der Waals surface area contributed by atoms with Gasteiger partial charge in [-0.15, -0.1) is 0 Å². The van der Waals surface area contributed by atoms with Gasteiger partial charge in [-0.2, -0.15) is 5.10 Å². The Labute approximate surface area is 153 Å². The average molecular weight is 345 g/mol. The van der Waals surface area contributed by atoms with E-state index in [0.29, 0.717) is 13.0 Å². The zero-order chi connectivity index (χ0) is 17.9. The number of rotatable bonds is 4. The van der Waals surface area contributed by atoms with E-state index >= 15 is 0 Å². The summed E-state index contributed by atoms with van der Waals surface area (Å²) in [4.78, 5) is 15.1. The fourth-order valence-electron chi connectivity index (χ4n) is 3.81. The number of aryl methyl sites for hydroxylation is 1. The molecule has 0 bridgehead atoms. The smallest absolute Gasteiger partial charge is 0.223 e. The molecule has 0 fully saturated rings. The van der Waals surface area contributed by atoms with Crippen LogP contribution in [0.3, 0.4) is 0 Å². The molecule has 0 radical (unpaired) electrons. The van der Waals surface area contributed by atoms with Crippen LogP contribution in [-0.2, 0) is 17.8 Å². The molecule has 4 nitrogen and oxygen atoms in total. The molecule has 1 aliphatic rings. The van der Waals surface area contributed by atoms with Crippen molar-refractivity contribution in [2.75, 3.05) is 6.54 Å². The Balaban J connectivity index is 1.59. The maximum atomic E-state index is 13.1. The van der Waals surface area contributed by atoms with Crippen molar-refractivity contribution in [3.8, 4) is 0 Å². The first-order valence-electron chi connectivity index (χ1n) is 9.11. The van der Waals surface area contributed by atoms with E-state index in [1.165, 1.54) is 16.7 Å². The third kappa shape index (κ3) is 3.27. The summed E-state index contributed by atoms with van der Waals surface area (Å²) in [5, 5.41) is 7.13. The SMILES string of the molecule is Cc1ccccc1[C@@H](CC(=O)N1CCc2[nH]ncc2C1)c1ccccc1. The van der Waals surface area contributed by atoms with Crippen LogP contribution in [0.5, 0.6) is 0 Å². The van der Waals surface area contributed by atoms with Crippen LogP contribution in [-0.4, -0.2) is 27.5 Å². The Bertz CT molecular complexity index is 901. The highest BCUT2D eigenvalue weighted by Gasteiger charge is 2.26. The number of benzene rings is 2. The van der Waals surface area contributed by atoms with Crippen LogP contribution in [0.1, 0.15) is 40.3 Å². The quantitative estimate of drug-likeness (QED) is 0.781. The van der Waals surface area contributed by atoms with Crippen molar-refractivity contribution in [1.82, 2.24) is 15.1 Å². The zero-order valence-corrected chi connectivity index (χ0v) is 15.0. The number of H-pyrrole nitrogens is 1. The summed E-state index contributed by atoms with van der Waals surface area (Å²) < 4.78 is 0. The van der Waals surface area contributed by atoms with Gasteiger partial charge in [0, 0.05) is 43.1 Å². The number of carbonyl (C=O) groups excluding carboxylic acids is 1. The fourth-order valence-corrected chi connectivity index (χ4v) is 3.81. The van der Waals surface area contributed by atoms with Crippen molar-refractivity contribution in [2.24, 2.45) is 0 Å². The fraction of sp³-hybridized carbons (Fsp3) is 0.273. The molecular formula is C22H23N3O. The molecule has 1 amide bonds. The van der Waals surface area contributed by atoms with Crippen LogP contribution in [0.15, 0.2) is 60.8 Å². The molecule has 1 atom stereocenters. The van der Waals surface area contributed by atoms with Crippen molar-refractivity contribution in [3.05, 3.63) is 88.7 Å². The predicted molar refractivity (Wildman–Crippen MR) is 102 cm³/mol. The molecule has 0 spiro atoms. The standard InChI is InChI=1S/C22H23N3O/c1-16-7-5-6-10-19(16)20(17-8-3-2-4-9-17)13-22(26)25-12-11-21-18(15-25)14-23-24-21/h2-10,14,20H,11-13,15H2,1H3,(H,23,24)/t20-/m0/s1. The summed E-state index contributed by atoms with van der Waals surface area (Å²) in [6.45, 7) is 3.53. The van der Waals surface area contributed by atoms with Gasteiger partial charge in [0.15, 0.2) is 0 Å². The topological polar surface area (TPSA) is 49.0 Å². The number of hydrogen-bond donors (Lipinski definition) is 1. The molecule has 3 aromatic rings. The van der Waals surface area contributed by atoms with Gasteiger partial charge < -0.3 is 4.90 Å². The molecule has 4 rings (SSSR count). The lowest BCUT2D eigenvalue weighted by atomic mass is 9.85. The molecule has 0 saturated carbocycles. The van der Waals surface area contributed by atoms with Gasteiger partial charge in [0.1, 0.15) is 0 Å². The summed E-state index contributed by atoms with van der Waals surface area (Å²) in [5.74, 6) is 0.282. The van der Waals surface area contributed by atoms with Crippen LogP contribution >= 0.6 is 0 Å². The summed E-state index contributed by atoms with van der Waals surface area (Å²) >= 11 is 0. The van der Waals surface area contributed by atoms with E-state index in [1.54, 1.807) is 0 Å². The molecule has 2 heterocycles. The third-order valence-corrected chi connectivity index (χ3v) is 5.30. The molecule has 1 aromatic heterocycles. The van der Waals surface area contributed by atoms with Gasteiger partial charge in [-0.05, 0) is 23.6 Å². The Morgan fingerprint density at radius 3 is 2.73 bits per heavy atom. The van der Waals surface area contributed by atoms with Crippen molar-refractivity contribution < 1.29 is 4.79 Å². The molecule has 0 aliphatic carbocycles. The minimum absolute atomic E-state index is 0.0793. The third-order valence-electron chi connectivity index (χ3n) is 5.30. The second-order valence-electron chi connectivity index (χ2n) is 6.96. The molecule has 132 valence electrons. The Morgan fingerprint density at radius 1 is 1.15 bits per heavy atom. The molecular weight excluding hydrogens is 322 g/mol. The largest absolute Gasteiger partial charge is 0.338 e. The van der Waals surface area contributed by atoms with Crippen LogP contribution in [0.25, 0.3) is 0 Å². The normalized spacial score (nSPS) is 14.7. The number of amides is 1. The number of fused-ring (bicyclic) bond motifs is 1. The van der Waals surface area contributed by atoms with Crippen molar-refractivity contribution >= 4 is 5.91 Å². The lowest BCUT2D eigenvalue weighted by Gasteiger charge is -2.29. The summed E-state index contributed by atoms with van der Waals surface area (Å²) in [7, 11) is 0. The average Bonchev–Trinajstić information content (AvgIpc) is 3.15. The van der Waals surface area contributed by atoms with Crippen LogP contribution in [0.2, 0.25) is 0 Å². The lowest BCUT2D eigenvalue weighted by molar-refractivity contribution is -0.132. The van der Waals surface area contributed by atoms with Gasteiger partial charge in [-0.25, -0.2) is 0 Å². The summed E-state index contributed by atoms with van der Waals surface area (Å²) in [6.07, 6.45) is 3.17. The monoisotopic (exact) mass is 345 g/mol. The molecule has 26 heavy (non-hydrogen) atoms. The maximum absolute atomic E-state index is 13.1. The Hall–Kier alpha value is -2.88. The van der Waals surface area contributed by atoms with E-state index in [0.717, 1.165) is 24.2 Å². The minimum Gasteiger partial charge on any atom is -0.338 e. The van der Waals surface area contributed by atoms with E-state index < -0.39 is 0 Å². The number of carbonyl (C=O) groups is 1. The van der Waals surface area contributed by atoms with Gasteiger partial charge in [-0.1, -0.05) is 54.6 Å². The summed E-state index contributed by atoms with van der Waals surface area (Å²) in [5.41, 5.74) is 5.94. The second-order valence-corrected chi connectivity index (χ2v) is 6.96. The van der Waals surface area contributed by atoms with Gasteiger partial charge in [0.05, 0.1) is 6.20 Å². The highest BCUT2D eigenvalue weighted by molar-refractivity contribution is 5.78. The van der Waals surface area contributed by atoms with E-state index in [2.05, 4.69) is 47.5 Å². The first kappa shape index (κ1) is 16.6. The summed E-state index contributed by atoms with van der Waals surface area (Å²) in [6, 6.07) is 18.7. The number of nitrogens with zero attached hydrogens (tertiary/aromatic N) is 2. The zero-order valence-electron chi connectivity index (χ0n) is 15.0.